The van der Waals surface area contributed by atoms with Crippen LogP contribution in [0.3, 0.4) is 0 Å². The lowest BCUT2D eigenvalue weighted by Gasteiger charge is -2.08. The van der Waals surface area contributed by atoms with Gasteiger partial charge in [-0.15, -0.1) is 0 Å². The van der Waals surface area contributed by atoms with Gasteiger partial charge in [0.05, 0.1) is 6.10 Å². The molecule has 5 nitrogen and oxygen atoms in total. The van der Waals surface area contributed by atoms with Gasteiger partial charge in [-0.3, -0.25) is 0 Å². The number of hydrogen-bond donors (Lipinski definition) is 0. The molecule has 0 fully saturated rings. The smallest absolute Gasteiger partial charge is 0.322 e. The molecule has 0 aliphatic heterocycles. The van der Waals surface area contributed by atoms with Crippen molar-refractivity contribution in [3.8, 4) is 6.01 Å². The molecular weight excluding hydrogens is 296 g/mol. The van der Waals surface area contributed by atoms with Gasteiger partial charge in [-0.2, -0.15) is 15.0 Å². The summed E-state index contributed by atoms with van der Waals surface area (Å²) in [6, 6.07) is 4.21. The van der Waals surface area contributed by atoms with Crippen LogP contribution < -0.4 is 4.74 Å². The highest BCUT2D eigenvalue weighted by Gasteiger charge is 2.10. The molecular formula is C13H15ClN4OS. The van der Waals surface area contributed by atoms with E-state index in [9.17, 15) is 0 Å². The van der Waals surface area contributed by atoms with Gasteiger partial charge in [-0.05, 0) is 68.8 Å². The first-order valence-electron chi connectivity index (χ1n) is 6.14. The van der Waals surface area contributed by atoms with Crippen molar-refractivity contribution in [2.45, 2.75) is 44.0 Å². The maximum Gasteiger partial charge on any atom is 0.322 e. The molecule has 2 aromatic heterocycles. The molecule has 2 heterocycles. The van der Waals surface area contributed by atoms with Gasteiger partial charge in [-0.1, -0.05) is 0 Å². The van der Waals surface area contributed by atoms with E-state index in [-0.39, 0.29) is 17.4 Å². The molecule has 0 saturated carbocycles. The molecule has 0 spiro atoms. The quantitative estimate of drug-likeness (QED) is 0.861. The average molecular weight is 311 g/mol. The average Bonchev–Trinajstić information content (AvgIpc) is 2.24. The second-order valence-electron chi connectivity index (χ2n) is 4.56. The van der Waals surface area contributed by atoms with E-state index in [1.807, 2.05) is 39.8 Å². The number of aromatic nitrogens is 4. The van der Waals surface area contributed by atoms with Gasteiger partial charge < -0.3 is 4.74 Å². The van der Waals surface area contributed by atoms with E-state index in [2.05, 4.69) is 19.9 Å². The molecule has 0 amide bonds. The summed E-state index contributed by atoms with van der Waals surface area (Å²) in [6.45, 7) is 7.77. The molecule has 106 valence electrons. The zero-order valence-electron chi connectivity index (χ0n) is 11.7. The van der Waals surface area contributed by atoms with Gasteiger partial charge in [-0.25, -0.2) is 4.98 Å². The maximum atomic E-state index is 5.89. The van der Waals surface area contributed by atoms with Crippen LogP contribution in [0.1, 0.15) is 25.1 Å². The minimum atomic E-state index is -0.0225. The molecule has 0 saturated heterocycles. The number of nitrogens with zero attached hydrogens (tertiary/aromatic N) is 4. The minimum Gasteiger partial charge on any atom is -0.461 e. The van der Waals surface area contributed by atoms with E-state index in [1.165, 1.54) is 11.8 Å². The summed E-state index contributed by atoms with van der Waals surface area (Å²) < 4.78 is 5.44. The van der Waals surface area contributed by atoms with Crippen LogP contribution in [0.15, 0.2) is 22.3 Å². The third kappa shape index (κ3) is 4.31. The van der Waals surface area contributed by atoms with Crippen LogP contribution in [0.2, 0.25) is 5.28 Å². The Kier molecular flexibility index (Phi) is 4.77. The second kappa shape index (κ2) is 6.37. The lowest BCUT2D eigenvalue weighted by Crippen LogP contribution is -2.09. The topological polar surface area (TPSA) is 60.8 Å². The maximum absolute atomic E-state index is 5.89. The molecule has 2 rings (SSSR count). The van der Waals surface area contributed by atoms with Gasteiger partial charge in [0.2, 0.25) is 10.4 Å². The van der Waals surface area contributed by atoms with Crippen LogP contribution in [-0.4, -0.2) is 26.0 Å². The number of hydrogen-bond acceptors (Lipinski definition) is 6. The first kappa shape index (κ1) is 15.0. The highest BCUT2D eigenvalue weighted by atomic mass is 35.5. The van der Waals surface area contributed by atoms with Crippen molar-refractivity contribution in [2.24, 2.45) is 0 Å². The van der Waals surface area contributed by atoms with Gasteiger partial charge in [0.25, 0.3) is 0 Å². The van der Waals surface area contributed by atoms with Crippen LogP contribution in [-0.2, 0) is 0 Å². The van der Waals surface area contributed by atoms with Crippen molar-refractivity contribution in [3.05, 3.63) is 28.7 Å². The fourth-order valence-electron chi connectivity index (χ4n) is 1.57. The molecule has 0 radical (unpaired) electrons. The monoisotopic (exact) mass is 310 g/mol. The van der Waals surface area contributed by atoms with Crippen LogP contribution in [0, 0.1) is 13.8 Å². The first-order valence-corrected chi connectivity index (χ1v) is 7.33. The van der Waals surface area contributed by atoms with Gasteiger partial charge in [0.1, 0.15) is 5.03 Å². The third-order valence-electron chi connectivity index (χ3n) is 2.18. The Balaban J connectivity index is 2.26. The molecule has 0 unspecified atom stereocenters. The third-order valence-corrected chi connectivity index (χ3v) is 3.13. The Morgan fingerprint density at radius 3 is 2.50 bits per heavy atom. The van der Waals surface area contributed by atoms with Crippen molar-refractivity contribution in [1.29, 1.82) is 0 Å². The number of aryl methyl sites for hydroxylation is 2. The Morgan fingerprint density at radius 2 is 1.85 bits per heavy atom. The summed E-state index contributed by atoms with van der Waals surface area (Å²) in [5.74, 6) is 0. The molecule has 20 heavy (non-hydrogen) atoms. The number of halogens is 1. The molecule has 0 aliphatic rings. The molecule has 0 aromatic carbocycles. The fraction of sp³-hybridized carbons (Fsp3) is 0.385. The van der Waals surface area contributed by atoms with Crippen LogP contribution in [0.25, 0.3) is 0 Å². The van der Waals surface area contributed by atoms with E-state index in [0.29, 0.717) is 5.16 Å². The van der Waals surface area contributed by atoms with E-state index >= 15 is 0 Å². The molecule has 0 bridgehead atoms. The predicted octanol–water partition coefficient (Wildman–Crippen LogP) is 3.48. The standard InChI is InChI=1S/C13H15ClN4OS/c1-7(2)19-12-16-11(14)17-13(18-12)20-10-6-8(3)5-9(4)15-10/h5-7H,1-4H3. The Labute approximate surface area is 127 Å². The van der Waals surface area contributed by atoms with Gasteiger partial charge in [0.15, 0.2) is 0 Å². The number of ether oxygens (including phenoxy) is 1. The summed E-state index contributed by atoms with van der Waals surface area (Å²) >= 11 is 7.22. The SMILES string of the molecule is Cc1cc(C)nc(Sc2nc(Cl)nc(OC(C)C)n2)c1. The second-order valence-corrected chi connectivity index (χ2v) is 5.89. The Morgan fingerprint density at radius 1 is 1.10 bits per heavy atom. The largest absolute Gasteiger partial charge is 0.461 e. The van der Waals surface area contributed by atoms with Crippen molar-refractivity contribution in [3.63, 3.8) is 0 Å². The van der Waals surface area contributed by atoms with Crippen molar-refractivity contribution in [2.75, 3.05) is 0 Å². The number of pyridine rings is 1. The molecule has 0 aliphatic carbocycles. The summed E-state index contributed by atoms with van der Waals surface area (Å²) in [5.41, 5.74) is 2.09. The van der Waals surface area contributed by atoms with E-state index in [4.69, 9.17) is 16.3 Å². The number of rotatable bonds is 4. The summed E-state index contributed by atoms with van der Waals surface area (Å²) in [6.07, 6.45) is -0.0225. The van der Waals surface area contributed by atoms with Crippen LogP contribution in [0.4, 0.5) is 0 Å². The summed E-state index contributed by atoms with van der Waals surface area (Å²) in [7, 11) is 0. The predicted molar refractivity (Wildman–Crippen MR) is 78.4 cm³/mol. The summed E-state index contributed by atoms with van der Waals surface area (Å²) in [4.78, 5) is 16.7. The normalized spacial score (nSPS) is 10.9. The zero-order valence-corrected chi connectivity index (χ0v) is 13.3. The van der Waals surface area contributed by atoms with Crippen LogP contribution in [0.5, 0.6) is 6.01 Å². The van der Waals surface area contributed by atoms with Crippen molar-refractivity contribution in [1.82, 2.24) is 19.9 Å². The summed E-state index contributed by atoms with van der Waals surface area (Å²) in [5, 5.41) is 1.40. The van der Waals surface area contributed by atoms with Crippen molar-refractivity contribution >= 4 is 23.4 Å². The van der Waals surface area contributed by atoms with E-state index < -0.39 is 0 Å². The molecule has 7 heteroatoms. The highest BCUT2D eigenvalue weighted by molar-refractivity contribution is 7.99. The van der Waals surface area contributed by atoms with E-state index in [1.54, 1.807) is 0 Å². The Hall–Kier alpha value is -1.40. The minimum absolute atomic E-state index is 0.0225. The van der Waals surface area contributed by atoms with Gasteiger partial charge in [0, 0.05) is 5.69 Å². The van der Waals surface area contributed by atoms with Crippen molar-refractivity contribution < 1.29 is 4.74 Å². The lowest BCUT2D eigenvalue weighted by molar-refractivity contribution is 0.219. The zero-order chi connectivity index (χ0) is 14.7. The van der Waals surface area contributed by atoms with Crippen LogP contribution >= 0.6 is 23.4 Å². The molecule has 0 atom stereocenters. The molecule has 0 N–H and O–H groups in total. The van der Waals surface area contributed by atoms with Gasteiger partial charge >= 0.3 is 6.01 Å². The highest BCUT2D eigenvalue weighted by Crippen LogP contribution is 2.26. The molecule has 2 aromatic rings. The first-order chi connectivity index (χ1) is 9.42. The fourth-order valence-corrected chi connectivity index (χ4v) is 2.65. The lowest BCUT2D eigenvalue weighted by atomic mass is 10.3. The Bertz CT molecular complexity index is 601. The van der Waals surface area contributed by atoms with E-state index in [0.717, 1.165) is 16.3 Å².